The van der Waals surface area contributed by atoms with Gasteiger partial charge in [-0.25, -0.2) is 0 Å². The average Bonchev–Trinajstić information content (AvgIpc) is 3.15. The van der Waals surface area contributed by atoms with E-state index in [-0.39, 0.29) is 25.7 Å². The Labute approximate surface area is 158 Å². The van der Waals surface area contributed by atoms with Gasteiger partial charge in [-0.2, -0.15) is 0 Å². The van der Waals surface area contributed by atoms with Crippen molar-refractivity contribution in [1.29, 1.82) is 0 Å². The van der Waals surface area contributed by atoms with Crippen LogP contribution in [0.25, 0.3) is 0 Å². The number of para-hydroxylation sites is 1. The minimum Gasteiger partial charge on any atom is -0.466 e. The fourth-order valence-electron chi connectivity index (χ4n) is 3.26. The van der Waals surface area contributed by atoms with Crippen LogP contribution < -0.4 is 14.4 Å². The summed E-state index contributed by atoms with van der Waals surface area (Å²) >= 11 is 0. The standard InChI is InChI=1S/C19H26N2O6/c1-2-25-18(23)12-17(22)21(7-6-20-8-10-24-11-9-20)13-15-4-3-5-16-19(15)27-14-26-16/h3-5H,2,6-14H2,1H3/p+1. The van der Waals surface area contributed by atoms with Gasteiger partial charge in [-0.05, 0) is 13.0 Å². The summed E-state index contributed by atoms with van der Waals surface area (Å²) in [7, 11) is 0. The third kappa shape index (κ3) is 5.33. The molecule has 0 spiro atoms. The summed E-state index contributed by atoms with van der Waals surface area (Å²) in [5.74, 6) is 0.621. The molecule has 1 fully saturated rings. The molecule has 0 radical (unpaired) electrons. The van der Waals surface area contributed by atoms with Gasteiger partial charge in [0.2, 0.25) is 12.7 Å². The molecule has 2 heterocycles. The molecule has 1 aromatic carbocycles. The SMILES string of the molecule is CCOC(=O)CC(=O)N(CC[NH+]1CCOCC1)Cc1cccc2c1OCO2. The number of quaternary nitrogens is 1. The summed E-state index contributed by atoms with van der Waals surface area (Å²) < 4.78 is 21.3. The Balaban J connectivity index is 1.67. The summed E-state index contributed by atoms with van der Waals surface area (Å²) in [5.41, 5.74) is 0.874. The Morgan fingerprint density at radius 1 is 1.22 bits per heavy atom. The second kappa shape index (κ2) is 9.57. The highest BCUT2D eigenvalue weighted by Gasteiger charge is 2.24. The minimum atomic E-state index is -0.496. The maximum atomic E-state index is 12.7. The third-order valence-corrected chi connectivity index (χ3v) is 4.73. The molecule has 0 bridgehead atoms. The number of ether oxygens (including phenoxy) is 4. The Hall–Kier alpha value is -2.32. The number of esters is 1. The van der Waals surface area contributed by atoms with E-state index in [9.17, 15) is 9.59 Å². The van der Waals surface area contributed by atoms with Crippen LogP contribution in [-0.4, -0.2) is 69.6 Å². The van der Waals surface area contributed by atoms with Crippen molar-refractivity contribution in [2.24, 2.45) is 0 Å². The molecule has 1 amide bonds. The van der Waals surface area contributed by atoms with E-state index in [1.165, 1.54) is 4.90 Å². The zero-order chi connectivity index (χ0) is 19.1. The molecule has 1 aromatic rings. The topological polar surface area (TPSA) is 78.7 Å². The molecule has 3 rings (SSSR count). The average molecular weight is 379 g/mol. The number of morpholine rings is 1. The molecule has 1 N–H and O–H groups in total. The number of hydrogen-bond donors (Lipinski definition) is 1. The number of amides is 1. The zero-order valence-corrected chi connectivity index (χ0v) is 15.7. The van der Waals surface area contributed by atoms with E-state index in [0.29, 0.717) is 24.6 Å². The van der Waals surface area contributed by atoms with Gasteiger partial charge in [0.25, 0.3) is 0 Å². The van der Waals surface area contributed by atoms with E-state index >= 15 is 0 Å². The van der Waals surface area contributed by atoms with Crippen LogP contribution in [0.2, 0.25) is 0 Å². The van der Waals surface area contributed by atoms with Gasteiger partial charge in [0.1, 0.15) is 19.5 Å². The molecular weight excluding hydrogens is 352 g/mol. The van der Waals surface area contributed by atoms with Gasteiger partial charge in [0.15, 0.2) is 11.5 Å². The fourth-order valence-corrected chi connectivity index (χ4v) is 3.26. The first kappa shape index (κ1) is 19.4. The van der Waals surface area contributed by atoms with E-state index in [4.69, 9.17) is 18.9 Å². The fraction of sp³-hybridized carbons (Fsp3) is 0.579. The molecule has 27 heavy (non-hydrogen) atoms. The highest BCUT2D eigenvalue weighted by atomic mass is 16.7. The van der Waals surface area contributed by atoms with Gasteiger partial charge in [-0.3, -0.25) is 9.59 Å². The summed E-state index contributed by atoms with van der Waals surface area (Å²) in [6.45, 7) is 7.24. The number of benzene rings is 1. The Bertz CT molecular complexity index is 660. The zero-order valence-electron chi connectivity index (χ0n) is 15.7. The van der Waals surface area contributed by atoms with Crippen molar-refractivity contribution in [3.8, 4) is 11.5 Å². The van der Waals surface area contributed by atoms with Crippen LogP contribution in [0.15, 0.2) is 18.2 Å². The number of rotatable bonds is 8. The lowest BCUT2D eigenvalue weighted by molar-refractivity contribution is -0.907. The lowest BCUT2D eigenvalue weighted by Gasteiger charge is -2.28. The molecule has 0 atom stereocenters. The first-order chi connectivity index (χ1) is 13.2. The van der Waals surface area contributed by atoms with E-state index in [1.807, 2.05) is 18.2 Å². The minimum absolute atomic E-state index is 0.182. The highest BCUT2D eigenvalue weighted by Crippen LogP contribution is 2.35. The predicted molar refractivity (Wildman–Crippen MR) is 95.6 cm³/mol. The maximum absolute atomic E-state index is 12.7. The second-order valence-corrected chi connectivity index (χ2v) is 6.56. The highest BCUT2D eigenvalue weighted by molar-refractivity contribution is 5.94. The van der Waals surface area contributed by atoms with Crippen LogP contribution in [0.5, 0.6) is 11.5 Å². The summed E-state index contributed by atoms with van der Waals surface area (Å²) in [5, 5.41) is 0. The molecule has 1 saturated heterocycles. The number of nitrogens with one attached hydrogen (secondary N) is 1. The molecular formula is C19H27N2O6+. The summed E-state index contributed by atoms with van der Waals surface area (Å²) in [6.07, 6.45) is -0.251. The summed E-state index contributed by atoms with van der Waals surface area (Å²) in [4.78, 5) is 27.6. The van der Waals surface area contributed by atoms with Crippen LogP contribution in [-0.2, 0) is 25.6 Å². The van der Waals surface area contributed by atoms with E-state index < -0.39 is 5.97 Å². The van der Waals surface area contributed by atoms with Crippen molar-refractivity contribution in [1.82, 2.24) is 4.90 Å². The molecule has 8 nitrogen and oxygen atoms in total. The van der Waals surface area contributed by atoms with Crippen molar-refractivity contribution >= 4 is 11.9 Å². The summed E-state index contributed by atoms with van der Waals surface area (Å²) in [6, 6.07) is 5.64. The van der Waals surface area contributed by atoms with Crippen LogP contribution >= 0.6 is 0 Å². The molecule has 0 unspecified atom stereocenters. The smallest absolute Gasteiger partial charge is 0.315 e. The van der Waals surface area contributed by atoms with Crippen molar-refractivity contribution in [3.63, 3.8) is 0 Å². The normalized spacial score (nSPS) is 16.2. The number of nitrogens with zero attached hydrogens (tertiary/aromatic N) is 1. The predicted octanol–water partition coefficient (Wildman–Crippen LogP) is -0.388. The third-order valence-electron chi connectivity index (χ3n) is 4.73. The van der Waals surface area contributed by atoms with E-state index in [1.54, 1.807) is 11.8 Å². The number of carbonyl (C=O) groups excluding carboxylic acids is 2. The number of hydrogen-bond acceptors (Lipinski definition) is 6. The van der Waals surface area contributed by atoms with Crippen LogP contribution in [0, 0.1) is 0 Å². The van der Waals surface area contributed by atoms with Crippen molar-refractivity contribution in [3.05, 3.63) is 23.8 Å². The van der Waals surface area contributed by atoms with Gasteiger partial charge in [-0.15, -0.1) is 0 Å². The van der Waals surface area contributed by atoms with E-state index in [0.717, 1.165) is 38.4 Å². The second-order valence-electron chi connectivity index (χ2n) is 6.56. The first-order valence-electron chi connectivity index (χ1n) is 9.39. The van der Waals surface area contributed by atoms with E-state index in [2.05, 4.69) is 0 Å². The van der Waals surface area contributed by atoms with Crippen LogP contribution in [0.3, 0.4) is 0 Å². The van der Waals surface area contributed by atoms with Gasteiger partial charge >= 0.3 is 5.97 Å². The van der Waals surface area contributed by atoms with Crippen molar-refractivity contribution in [2.75, 3.05) is 52.8 Å². The van der Waals surface area contributed by atoms with Gasteiger partial charge in [-0.1, -0.05) is 12.1 Å². The lowest BCUT2D eigenvalue weighted by atomic mass is 10.1. The van der Waals surface area contributed by atoms with Crippen LogP contribution in [0.4, 0.5) is 0 Å². The lowest BCUT2D eigenvalue weighted by Crippen LogP contribution is -3.14. The molecule has 8 heteroatoms. The largest absolute Gasteiger partial charge is 0.466 e. The number of carbonyl (C=O) groups is 2. The quantitative estimate of drug-likeness (QED) is 0.490. The molecule has 0 saturated carbocycles. The van der Waals surface area contributed by atoms with Crippen molar-refractivity contribution in [2.45, 2.75) is 19.9 Å². The van der Waals surface area contributed by atoms with Gasteiger partial charge < -0.3 is 28.7 Å². The Morgan fingerprint density at radius 2 is 2.04 bits per heavy atom. The molecule has 0 aliphatic carbocycles. The van der Waals surface area contributed by atoms with Crippen LogP contribution in [0.1, 0.15) is 18.9 Å². The molecule has 148 valence electrons. The number of fused-ring (bicyclic) bond motifs is 1. The van der Waals surface area contributed by atoms with Gasteiger partial charge in [0.05, 0.1) is 32.9 Å². The Morgan fingerprint density at radius 3 is 2.81 bits per heavy atom. The maximum Gasteiger partial charge on any atom is 0.315 e. The Kier molecular flexibility index (Phi) is 6.89. The molecule has 2 aliphatic rings. The van der Waals surface area contributed by atoms with Gasteiger partial charge in [0, 0.05) is 12.1 Å². The first-order valence-corrected chi connectivity index (χ1v) is 9.39. The molecule has 2 aliphatic heterocycles. The monoisotopic (exact) mass is 379 g/mol. The molecule has 0 aromatic heterocycles. The van der Waals surface area contributed by atoms with Crippen molar-refractivity contribution < 1.29 is 33.4 Å².